The largest absolute Gasteiger partial charge is 0.508 e. The number of allylic oxidation sites excluding steroid dienone is 1. The maximum absolute atomic E-state index is 11.1. The van der Waals surface area contributed by atoms with Crippen molar-refractivity contribution in [1.29, 1.82) is 5.26 Å². The highest BCUT2D eigenvalue weighted by Crippen LogP contribution is 2.31. The molecular formula is C19H17NO4. The fourth-order valence-corrected chi connectivity index (χ4v) is 2.37. The van der Waals surface area contributed by atoms with Crippen LogP contribution in [-0.4, -0.2) is 21.3 Å². The van der Waals surface area contributed by atoms with Gasteiger partial charge in [-0.05, 0) is 41.8 Å². The highest BCUT2D eigenvalue weighted by molar-refractivity contribution is 5.85. The number of carboxylic acid groups (broad SMARTS) is 1. The Kier molecular flexibility index (Phi) is 5.23. The summed E-state index contributed by atoms with van der Waals surface area (Å²) in [7, 11) is 0. The minimum Gasteiger partial charge on any atom is -0.508 e. The molecule has 0 aliphatic rings. The smallest absolute Gasteiger partial charge is 0.306 e. The molecule has 2 rings (SSSR count). The van der Waals surface area contributed by atoms with Crippen molar-refractivity contribution in [3.8, 4) is 17.6 Å². The summed E-state index contributed by atoms with van der Waals surface area (Å²) in [4.78, 5) is 11.1. The normalized spacial score (nSPS) is 11.3. The van der Waals surface area contributed by atoms with E-state index in [4.69, 9.17) is 5.11 Å². The zero-order valence-corrected chi connectivity index (χ0v) is 13.1. The molecule has 5 heteroatoms. The summed E-state index contributed by atoms with van der Waals surface area (Å²) < 4.78 is 0. The lowest BCUT2D eigenvalue weighted by Crippen LogP contribution is -2.10. The standard InChI is InChI=1S/C19H17NO4/c1-12(19(23)24)10-15(11-20)18(13-2-6-16(21)7-3-13)14-4-8-17(22)9-5-14/h2-9,12,21-22H,10H2,1H3,(H,23,24). The highest BCUT2D eigenvalue weighted by Gasteiger charge is 2.18. The second-order valence-corrected chi connectivity index (χ2v) is 5.50. The van der Waals surface area contributed by atoms with E-state index in [0.717, 1.165) is 0 Å². The molecule has 0 amide bonds. The summed E-state index contributed by atoms with van der Waals surface area (Å²) in [5, 5.41) is 37.6. The Hall–Kier alpha value is -3.26. The minimum absolute atomic E-state index is 0.0862. The van der Waals surface area contributed by atoms with Crippen molar-refractivity contribution in [3.63, 3.8) is 0 Å². The fraction of sp³-hybridized carbons (Fsp3) is 0.158. The molecule has 24 heavy (non-hydrogen) atoms. The van der Waals surface area contributed by atoms with E-state index in [1.54, 1.807) is 31.2 Å². The highest BCUT2D eigenvalue weighted by atomic mass is 16.4. The zero-order valence-electron chi connectivity index (χ0n) is 13.1. The number of benzene rings is 2. The van der Waals surface area contributed by atoms with Crippen LogP contribution in [0, 0.1) is 17.2 Å². The van der Waals surface area contributed by atoms with E-state index in [-0.39, 0.29) is 17.9 Å². The van der Waals surface area contributed by atoms with Crippen molar-refractivity contribution in [1.82, 2.24) is 0 Å². The van der Waals surface area contributed by atoms with Crippen LogP contribution in [0.25, 0.3) is 5.57 Å². The van der Waals surface area contributed by atoms with Crippen LogP contribution in [0.5, 0.6) is 11.5 Å². The van der Waals surface area contributed by atoms with Crippen molar-refractivity contribution in [3.05, 3.63) is 65.2 Å². The van der Waals surface area contributed by atoms with Gasteiger partial charge in [-0.1, -0.05) is 31.2 Å². The van der Waals surface area contributed by atoms with E-state index in [2.05, 4.69) is 6.07 Å². The number of phenols is 2. The SMILES string of the molecule is CC(CC(C#N)=C(c1ccc(O)cc1)c1ccc(O)cc1)C(=O)O. The summed E-state index contributed by atoms with van der Waals surface area (Å²) in [5.41, 5.74) is 2.30. The van der Waals surface area contributed by atoms with E-state index in [1.807, 2.05) is 0 Å². The quantitative estimate of drug-likeness (QED) is 0.731. The molecule has 0 fully saturated rings. The molecule has 3 N–H and O–H groups in total. The number of phenolic OH excluding ortho intramolecular Hbond substituents is 2. The molecule has 0 saturated carbocycles. The third-order valence-corrected chi connectivity index (χ3v) is 3.68. The molecule has 0 saturated heterocycles. The van der Waals surface area contributed by atoms with Crippen LogP contribution in [0.15, 0.2) is 54.1 Å². The molecule has 0 spiro atoms. The molecule has 0 aromatic heterocycles. The van der Waals surface area contributed by atoms with Gasteiger partial charge in [0, 0.05) is 11.1 Å². The van der Waals surface area contributed by atoms with Crippen molar-refractivity contribution in [2.45, 2.75) is 13.3 Å². The molecule has 0 bridgehead atoms. The second kappa shape index (κ2) is 7.34. The van der Waals surface area contributed by atoms with Gasteiger partial charge < -0.3 is 15.3 Å². The molecular weight excluding hydrogens is 306 g/mol. The van der Waals surface area contributed by atoms with Crippen LogP contribution in [0.1, 0.15) is 24.5 Å². The van der Waals surface area contributed by atoms with Crippen molar-refractivity contribution >= 4 is 11.5 Å². The first kappa shape index (κ1) is 17.1. The van der Waals surface area contributed by atoms with Crippen molar-refractivity contribution < 1.29 is 20.1 Å². The maximum atomic E-state index is 11.1. The van der Waals surface area contributed by atoms with Gasteiger partial charge in [-0.2, -0.15) is 5.26 Å². The summed E-state index contributed by atoms with van der Waals surface area (Å²) in [6, 6.07) is 14.8. The Bertz CT molecular complexity index is 751. The predicted molar refractivity (Wildman–Crippen MR) is 89.3 cm³/mol. The summed E-state index contributed by atoms with van der Waals surface area (Å²) >= 11 is 0. The number of aromatic hydroxyl groups is 2. The molecule has 0 heterocycles. The van der Waals surface area contributed by atoms with E-state index in [0.29, 0.717) is 22.3 Å². The van der Waals surface area contributed by atoms with Crippen LogP contribution in [-0.2, 0) is 4.79 Å². The summed E-state index contributed by atoms with van der Waals surface area (Å²) in [5.74, 6) is -1.48. The maximum Gasteiger partial charge on any atom is 0.306 e. The topological polar surface area (TPSA) is 102 Å². The molecule has 5 nitrogen and oxygen atoms in total. The number of aliphatic carboxylic acids is 1. The molecule has 2 aromatic rings. The van der Waals surface area contributed by atoms with Gasteiger partial charge in [-0.15, -0.1) is 0 Å². The van der Waals surface area contributed by atoms with Crippen LogP contribution in [0.4, 0.5) is 0 Å². The van der Waals surface area contributed by atoms with Crippen LogP contribution in [0.3, 0.4) is 0 Å². The van der Waals surface area contributed by atoms with Crippen LogP contribution >= 0.6 is 0 Å². The lowest BCUT2D eigenvalue weighted by atomic mass is 9.89. The van der Waals surface area contributed by atoms with E-state index >= 15 is 0 Å². The van der Waals surface area contributed by atoms with Crippen molar-refractivity contribution in [2.24, 2.45) is 5.92 Å². The third-order valence-electron chi connectivity index (χ3n) is 3.68. The van der Waals surface area contributed by atoms with Crippen molar-refractivity contribution in [2.75, 3.05) is 0 Å². The minimum atomic E-state index is -0.974. The average molecular weight is 323 g/mol. The number of rotatable bonds is 5. The number of hydrogen-bond donors (Lipinski definition) is 3. The first-order chi connectivity index (χ1) is 11.4. The number of nitrogens with zero attached hydrogens (tertiary/aromatic N) is 1. The van der Waals surface area contributed by atoms with Crippen LogP contribution in [0.2, 0.25) is 0 Å². The third kappa shape index (κ3) is 3.93. The van der Waals surface area contributed by atoms with Gasteiger partial charge in [0.2, 0.25) is 0 Å². The Morgan fingerprint density at radius 3 is 1.75 bits per heavy atom. The van der Waals surface area contributed by atoms with Crippen LogP contribution < -0.4 is 0 Å². The van der Waals surface area contributed by atoms with E-state index < -0.39 is 11.9 Å². The number of carboxylic acids is 1. The summed E-state index contributed by atoms with van der Waals surface area (Å²) in [6.07, 6.45) is 0.0862. The monoisotopic (exact) mass is 323 g/mol. The molecule has 0 aliphatic heterocycles. The van der Waals surface area contributed by atoms with Gasteiger partial charge >= 0.3 is 5.97 Å². The molecule has 0 aliphatic carbocycles. The van der Waals surface area contributed by atoms with Gasteiger partial charge in [0.25, 0.3) is 0 Å². The fourth-order valence-electron chi connectivity index (χ4n) is 2.37. The predicted octanol–water partition coefficient (Wildman–Crippen LogP) is 3.53. The first-order valence-corrected chi connectivity index (χ1v) is 7.37. The number of nitriles is 1. The van der Waals surface area contributed by atoms with Gasteiger partial charge in [-0.3, -0.25) is 4.79 Å². The molecule has 0 radical (unpaired) electrons. The van der Waals surface area contributed by atoms with E-state index in [1.165, 1.54) is 24.3 Å². The lowest BCUT2D eigenvalue weighted by molar-refractivity contribution is -0.141. The average Bonchev–Trinajstić information content (AvgIpc) is 2.57. The molecule has 1 unspecified atom stereocenters. The Morgan fingerprint density at radius 2 is 1.42 bits per heavy atom. The molecule has 2 aromatic carbocycles. The second-order valence-electron chi connectivity index (χ2n) is 5.50. The van der Waals surface area contributed by atoms with E-state index in [9.17, 15) is 20.3 Å². The lowest BCUT2D eigenvalue weighted by Gasteiger charge is -2.14. The van der Waals surface area contributed by atoms with Gasteiger partial charge in [0.1, 0.15) is 11.5 Å². The Morgan fingerprint density at radius 1 is 1.00 bits per heavy atom. The molecule has 122 valence electrons. The number of carbonyl (C=O) groups is 1. The zero-order chi connectivity index (χ0) is 17.7. The van der Waals surface area contributed by atoms with Gasteiger partial charge in [0.15, 0.2) is 0 Å². The van der Waals surface area contributed by atoms with Gasteiger partial charge in [0.05, 0.1) is 12.0 Å². The first-order valence-electron chi connectivity index (χ1n) is 7.37. The molecule has 1 atom stereocenters. The van der Waals surface area contributed by atoms with Gasteiger partial charge in [-0.25, -0.2) is 0 Å². The Balaban J connectivity index is 2.62. The number of hydrogen-bond acceptors (Lipinski definition) is 4. The summed E-state index contributed by atoms with van der Waals surface area (Å²) in [6.45, 7) is 1.55. The Labute approximate surface area is 139 Å².